The lowest BCUT2D eigenvalue weighted by Crippen LogP contribution is -2.66. The van der Waals surface area contributed by atoms with Crippen LogP contribution in [-0.4, -0.2) is 124 Å². The number of thioether (sulfide) groups is 1. The van der Waals surface area contributed by atoms with E-state index >= 15 is 0 Å². The van der Waals surface area contributed by atoms with Crippen molar-refractivity contribution in [3.63, 3.8) is 0 Å². The predicted octanol–water partition coefficient (Wildman–Crippen LogP) is -3.69. The number of rotatable bonds is 10. The summed E-state index contributed by atoms with van der Waals surface area (Å²) in [5.74, 6) is -4.66. The van der Waals surface area contributed by atoms with Gasteiger partial charge in [0.05, 0.1) is 18.1 Å². The van der Waals surface area contributed by atoms with E-state index in [0.29, 0.717) is 17.9 Å². The van der Waals surface area contributed by atoms with Crippen LogP contribution in [0.15, 0.2) is 10.6 Å². The van der Waals surface area contributed by atoms with E-state index in [1.54, 1.807) is 6.92 Å². The third-order valence-electron chi connectivity index (χ3n) is 7.47. The Hall–Kier alpha value is -1.87. The lowest BCUT2D eigenvalue weighted by Gasteiger charge is -2.48. The van der Waals surface area contributed by atoms with Crippen molar-refractivity contribution in [3.05, 3.63) is 10.6 Å². The van der Waals surface area contributed by atoms with Crippen molar-refractivity contribution in [1.82, 2.24) is 14.9 Å². The standard InChI is InChI=1S/C21H32N4O12S2/c1-6-11-10(7(2)36-21-15(28)13(26)14(27)16(37-21)20(32)33)18(29)25(11)12(19(30)31)17(6)38-9-3-8(23-5-9)4-24-39(22,34)35/h6-11,13-16,21,23-24,26-28H,3-5H2,1-2H3,(H,30,31)(H,32,33)(H2,22,34,35)/t6-,7-,8+,9+,10-,11-,13?,14?,15?,16?,21?/m1/s1. The minimum absolute atomic E-state index is 0.0734. The fourth-order valence-corrected chi connectivity index (χ4v) is 7.50. The highest BCUT2D eigenvalue weighted by molar-refractivity contribution is 8.03. The first-order valence-corrected chi connectivity index (χ1v) is 14.6. The molecule has 0 aromatic rings. The van der Waals surface area contributed by atoms with Gasteiger partial charge in [-0.2, -0.15) is 8.42 Å². The fourth-order valence-electron chi connectivity index (χ4n) is 5.55. The van der Waals surface area contributed by atoms with Crippen LogP contribution in [-0.2, 0) is 34.1 Å². The number of carbonyl (C=O) groups excluding carboxylic acids is 1. The van der Waals surface area contributed by atoms with Gasteiger partial charge in [0.2, 0.25) is 5.91 Å². The molecular weight excluding hydrogens is 564 g/mol. The number of carboxylic acids is 2. The average molecular weight is 597 g/mol. The number of aliphatic hydroxyl groups excluding tert-OH is 3. The Bertz CT molecular complexity index is 1150. The average Bonchev–Trinajstić information content (AvgIpc) is 3.38. The Morgan fingerprint density at radius 2 is 1.92 bits per heavy atom. The maximum absolute atomic E-state index is 13.1. The molecule has 5 unspecified atom stereocenters. The van der Waals surface area contributed by atoms with Gasteiger partial charge in [0, 0.05) is 35.2 Å². The molecule has 39 heavy (non-hydrogen) atoms. The van der Waals surface area contributed by atoms with Crippen LogP contribution in [0.5, 0.6) is 0 Å². The zero-order chi connectivity index (χ0) is 29.0. The van der Waals surface area contributed by atoms with E-state index in [2.05, 4.69) is 10.0 Å². The summed E-state index contributed by atoms with van der Waals surface area (Å²) in [5, 5.41) is 57.4. The second-order valence-electron chi connectivity index (χ2n) is 10.1. The van der Waals surface area contributed by atoms with Gasteiger partial charge >= 0.3 is 11.9 Å². The number of aliphatic carboxylic acids is 2. The van der Waals surface area contributed by atoms with Gasteiger partial charge in [0.1, 0.15) is 24.0 Å². The SMILES string of the molecule is C[C@@H](OC1OC(C(=O)O)C(O)C(O)C1O)[C@H]1C(=O)N2C(C(=O)O)=C(S[C@@H]3CN[C@H](CNS(N)(=O)=O)C3)[C@H](C)[C@H]12. The normalized spacial score (nSPS) is 39.4. The van der Waals surface area contributed by atoms with E-state index < -0.39 is 82.7 Å². The van der Waals surface area contributed by atoms with Gasteiger partial charge in [-0.25, -0.2) is 19.5 Å². The number of aliphatic hydroxyl groups is 3. The number of amides is 1. The zero-order valence-corrected chi connectivity index (χ0v) is 22.5. The van der Waals surface area contributed by atoms with Gasteiger partial charge < -0.3 is 45.2 Å². The highest BCUT2D eigenvalue weighted by Gasteiger charge is 2.61. The number of ether oxygens (including phenoxy) is 2. The Labute approximate surface area is 227 Å². The Balaban J connectivity index is 1.44. The van der Waals surface area contributed by atoms with Gasteiger partial charge in [-0.05, 0) is 13.3 Å². The molecule has 4 aliphatic rings. The zero-order valence-electron chi connectivity index (χ0n) is 20.9. The Morgan fingerprint density at radius 3 is 2.51 bits per heavy atom. The largest absolute Gasteiger partial charge is 0.479 e. The molecule has 18 heteroatoms. The van der Waals surface area contributed by atoms with Gasteiger partial charge in [0.25, 0.3) is 10.2 Å². The molecule has 0 radical (unpaired) electrons. The molecule has 9 N–H and O–H groups in total. The molecule has 0 bridgehead atoms. The fraction of sp³-hybridized carbons (Fsp3) is 0.762. The number of hydrogen-bond donors (Lipinski definition) is 8. The van der Waals surface area contributed by atoms with Crippen molar-refractivity contribution in [2.75, 3.05) is 13.1 Å². The van der Waals surface area contributed by atoms with Crippen LogP contribution in [0.25, 0.3) is 0 Å². The monoisotopic (exact) mass is 596 g/mol. The summed E-state index contributed by atoms with van der Waals surface area (Å²) in [4.78, 5) is 38.4. The summed E-state index contributed by atoms with van der Waals surface area (Å²) >= 11 is 1.30. The van der Waals surface area contributed by atoms with Crippen LogP contribution < -0.4 is 15.2 Å². The summed E-state index contributed by atoms with van der Waals surface area (Å²) in [6.45, 7) is 3.81. The minimum Gasteiger partial charge on any atom is -0.479 e. The van der Waals surface area contributed by atoms with Crippen molar-refractivity contribution >= 4 is 39.8 Å². The molecule has 11 atom stereocenters. The number of carboxylic acid groups (broad SMARTS) is 2. The quantitative estimate of drug-likeness (QED) is 0.113. The smallest absolute Gasteiger partial charge is 0.353 e. The molecule has 0 aromatic heterocycles. The molecule has 0 aliphatic carbocycles. The molecule has 3 fully saturated rings. The van der Waals surface area contributed by atoms with E-state index in [1.807, 2.05) is 0 Å². The van der Waals surface area contributed by atoms with Gasteiger partial charge in [-0.15, -0.1) is 11.8 Å². The number of nitrogens with two attached hydrogens (primary N) is 1. The maximum Gasteiger partial charge on any atom is 0.353 e. The van der Waals surface area contributed by atoms with E-state index in [4.69, 9.17) is 14.6 Å². The minimum atomic E-state index is -3.85. The van der Waals surface area contributed by atoms with E-state index in [9.17, 15) is 48.3 Å². The molecule has 0 aromatic carbocycles. The Kier molecular flexibility index (Phi) is 8.63. The van der Waals surface area contributed by atoms with Crippen LogP contribution in [0.1, 0.15) is 20.3 Å². The molecule has 4 heterocycles. The molecule has 3 saturated heterocycles. The third kappa shape index (κ3) is 5.81. The molecule has 0 saturated carbocycles. The molecule has 0 spiro atoms. The van der Waals surface area contributed by atoms with Crippen molar-refractivity contribution in [3.8, 4) is 0 Å². The van der Waals surface area contributed by atoms with Crippen LogP contribution in [0.4, 0.5) is 0 Å². The van der Waals surface area contributed by atoms with E-state index in [1.165, 1.54) is 23.6 Å². The van der Waals surface area contributed by atoms with Crippen molar-refractivity contribution in [1.29, 1.82) is 0 Å². The number of carbonyl (C=O) groups is 3. The number of nitrogens with zero attached hydrogens (tertiary/aromatic N) is 1. The highest BCUT2D eigenvalue weighted by Crippen LogP contribution is 2.52. The third-order valence-corrected chi connectivity index (χ3v) is 9.55. The van der Waals surface area contributed by atoms with Crippen molar-refractivity contribution in [2.24, 2.45) is 17.0 Å². The summed E-state index contributed by atoms with van der Waals surface area (Å²) < 4.78 is 35.4. The summed E-state index contributed by atoms with van der Waals surface area (Å²) in [6.07, 6.45) is -9.55. The van der Waals surface area contributed by atoms with Crippen LogP contribution in [0.3, 0.4) is 0 Å². The maximum atomic E-state index is 13.1. The number of hydrogen-bond acceptors (Lipinski definition) is 12. The first-order chi connectivity index (χ1) is 18.1. The summed E-state index contributed by atoms with van der Waals surface area (Å²) in [5.41, 5.74) is -0.143. The van der Waals surface area contributed by atoms with E-state index in [0.717, 1.165) is 0 Å². The van der Waals surface area contributed by atoms with Crippen LogP contribution in [0.2, 0.25) is 0 Å². The van der Waals surface area contributed by atoms with Crippen LogP contribution >= 0.6 is 11.8 Å². The second kappa shape index (κ2) is 11.2. The highest BCUT2D eigenvalue weighted by atomic mass is 32.2. The molecular formula is C21H32N4O12S2. The molecule has 1 amide bonds. The second-order valence-corrected chi connectivity index (χ2v) is 12.8. The first-order valence-electron chi connectivity index (χ1n) is 12.2. The Morgan fingerprint density at radius 1 is 1.26 bits per heavy atom. The van der Waals surface area contributed by atoms with Gasteiger partial charge in [0.15, 0.2) is 12.4 Å². The molecule has 4 aliphatic heterocycles. The number of β-lactam (4-membered cyclic amide) rings is 1. The van der Waals surface area contributed by atoms with Gasteiger partial charge in [-0.1, -0.05) is 6.92 Å². The van der Waals surface area contributed by atoms with Crippen LogP contribution in [0, 0.1) is 11.8 Å². The van der Waals surface area contributed by atoms with Crippen molar-refractivity contribution in [2.45, 2.75) is 74.4 Å². The summed E-state index contributed by atoms with van der Waals surface area (Å²) in [6, 6.07) is -0.807. The first kappa shape index (κ1) is 30.1. The lowest BCUT2D eigenvalue weighted by molar-refractivity contribution is -0.308. The lowest BCUT2D eigenvalue weighted by atomic mass is 9.79. The number of nitrogens with one attached hydrogen (secondary N) is 2. The summed E-state index contributed by atoms with van der Waals surface area (Å²) in [7, 11) is -3.85. The van der Waals surface area contributed by atoms with Gasteiger partial charge in [-0.3, -0.25) is 4.79 Å². The molecule has 4 rings (SSSR count). The predicted molar refractivity (Wildman–Crippen MR) is 132 cm³/mol. The number of fused-ring (bicyclic) bond motifs is 1. The topological polar surface area (TPSA) is 258 Å². The van der Waals surface area contributed by atoms with E-state index in [-0.39, 0.29) is 23.5 Å². The molecule has 16 nitrogen and oxygen atoms in total. The molecule has 220 valence electrons. The van der Waals surface area contributed by atoms with Crippen molar-refractivity contribution < 1.29 is 57.8 Å².